The van der Waals surface area contributed by atoms with Gasteiger partial charge in [0.15, 0.2) is 6.04 Å². The summed E-state index contributed by atoms with van der Waals surface area (Å²) in [5.41, 5.74) is -0.352. The van der Waals surface area contributed by atoms with E-state index in [0.717, 1.165) is 0 Å². The third-order valence-corrected chi connectivity index (χ3v) is 2.90. The summed E-state index contributed by atoms with van der Waals surface area (Å²) < 4.78 is 10.2. The number of carbonyl (C=O) groups is 3. The van der Waals surface area contributed by atoms with Gasteiger partial charge in [-0.25, -0.2) is 4.79 Å². The second-order valence-corrected chi connectivity index (χ2v) is 5.77. The van der Waals surface area contributed by atoms with Gasteiger partial charge in [-0.15, -0.1) is 0 Å². The number of hydrogen-bond donors (Lipinski definition) is 0. The Kier molecular flexibility index (Phi) is 4.68. The molecule has 1 heterocycles. The molecule has 1 amide bonds. The number of hydrogen-bond acceptors (Lipinski definition) is 5. The van der Waals surface area contributed by atoms with E-state index < -0.39 is 24.1 Å². The lowest BCUT2D eigenvalue weighted by atomic mass is 9.93. The second kappa shape index (κ2) is 5.69. The van der Waals surface area contributed by atoms with Gasteiger partial charge in [0.2, 0.25) is 5.91 Å². The predicted molar refractivity (Wildman–Crippen MR) is 67.1 cm³/mol. The smallest absolute Gasteiger partial charge is 0.331 e. The van der Waals surface area contributed by atoms with Crippen LogP contribution in [0.25, 0.3) is 0 Å². The summed E-state index contributed by atoms with van der Waals surface area (Å²) in [7, 11) is 1.26. The molecule has 2 atom stereocenters. The van der Waals surface area contributed by atoms with E-state index in [-0.39, 0.29) is 24.2 Å². The van der Waals surface area contributed by atoms with Gasteiger partial charge in [0.1, 0.15) is 12.0 Å². The lowest BCUT2D eigenvalue weighted by Gasteiger charge is -2.35. The summed E-state index contributed by atoms with van der Waals surface area (Å²) in [5, 5.41) is 0. The molecule has 1 aliphatic rings. The van der Waals surface area contributed by atoms with Gasteiger partial charge < -0.3 is 9.47 Å². The number of ether oxygens (including phenoxy) is 2. The third kappa shape index (κ3) is 3.53. The predicted octanol–water partition coefficient (Wildman–Crippen LogP) is 0.738. The van der Waals surface area contributed by atoms with Crippen LogP contribution in [-0.4, -0.2) is 48.5 Å². The minimum Gasteiger partial charge on any atom is -0.467 e. The van der Waals surface area contributed by atoms with Crippen molar-refractivity contribution in [3.63, 3.8) is 0 Å². The Morgan fingerprint density at radius 1 is 1.32 bits per heavy atom. The van der Waals surface area contributed by atoms with Crippen LogP contribution in [0.4, 0.5) is 0 Å². The van der Waals surface area contributed by atoms with Gasteiger partial charge in [0.05, 0.1) is 20.1 Å². The Morgan fingerprint density at radius 3 is 2.32 bits per heavy atom. The van der Waals surface area contributed by atoms with E-state index in [2.05, 4.69) is 4.74 Å². The van der Waals surface area contributed by atoms with Crippen LogP contribution < -0.4 is 0 Å². The quantitative estimate of drug-likeness (QED) is 0.559. The van der Waals surface area contributed by atoms with Crippen LogP contribution in [0.1, 0.15) is 34.1 Å². The summed E-state index contributed by atoms with van der Waals surface area (Å²) in [4.78, 5) is 36.3. The molecule has 0 unspecified atom stereocenters. The van der Waals surface area contributed by atoms with Gasteiger partial charge in [0, 0.05) is 5.41 Å². The Hall–Kier alpha value is -1.43. The Balaban J connectivity index is 3.01. The molecule has 6 nitrogen and oxygen atoms in total. The normalized spacial score (nSPS) is 23.3. The zero-order valence-corrected chi connectivity index (χ0v) is 12.1. The molecule has 0 radical (unpaired) electrons. The molecule has 1 fully saturated rings. The maximum atomic E-state index is 12.2. The number of carbonyl (C=O) groups excluding carboxylic acids is 3. The molecule has 1 aliphatic heterocycles. The standard InChI is InChI=1S/C13H21NO5/c1-8(15)6-10(16)14-9(11(17)18-5)7-19-12(14)13(2,3)4/h9,12H,6-7H2,1-5H3/t9-,12+/m1/s1. The maximum Gasteiger partial charge on any atom is 0.331 e. The first kappa shape index (κ1) is 15.6. The summed E-state index contributed by atoms with van der Waals surface area (Å²) in [5.74, 6) is -1.17. The van der Waals surface area contributed by atoms with E-state index in [1.54, 1.807) is 0 Å². The fraction of sp³-hybridized carbons (Fsp3) is 0.769. The van der Waals surface area contributed by atoms with E-state index in [1.165, 1.54) is 18.9 Å². The highest BCUT2D eigenvalue weighted by atomic mass is 16.5. The van der Waals surface area contributed by atoms with Gasteiger partial charge >= 0.3 is 5.97 Å². The molecule has 108 valence electrons. The number of esters is 1. The molecule has 1 rings (SSSR count). The fourth-order valence-corrected chi connectivity index (χ4v) is 2.10. The fourth-order valence-electron chi connectivity index (χ4n) is 2.10. The molecule has 0 aromatic carbocycles. The van der Waals surface area contributed by atoms with Crippen LogP contribution in [0, 0.1) is 5.41 Å². The number of rotatable bonds is 3. The van der Waals surface area contributed by atoms with E-state index in [1.807, 2.05) is 20.8 Å². The molecule has 6 heteroatoms. The SMILES string of the molecule is COC(=O)[C@H]1CO[C@@H](C(C)(C)C)N1C(=O)CC(C)=O. The number of Topliss-reactive ketones (excluding diaryl/α,β-unsaturated/α-hetero) is 1. The van der Waals surface area contributed by atoms with Crippen LogP contribution in [0.3, 0.4) is 0 Å². The Labute approximate surface area is 113 Å². The average molecular weight is 271 g/mol. The van der Waals surface area contributed by atoms with Gasteiger partial charge in [-0.1, -0.05) is 20.8 Å². The van der Waals surface area contributed by atoms with Crippen LogP contribution >= 0.6 is 0 Å². The summed E-state index contributed by atoms with van der Waals surface area (Å²) in [6, 6.07) is -0.777. The number of ketones is 1. The Bertz CT molecular complexity index is 385. The Morgan fingerprint density at radius 2 is 1.89 bits per heavy atom. The first-order valence-electron chi connectivity index (χ1n) is 6.18. The molecule has 19 heavy (non-hydrogen) atoms. The van der Waals surface area contributed by atoms with Crippen molar-refractivity contribution in [1.82, 2.24) is 4.90 Å². The van der Waals surface area contributed by atoms with Crippen molar-refractivity contribution in [3.8, 4) is 0 Å². The molecule has 0 aliphatic carbocycles. The van der Waals surface area contributed by atoms with Crippen molar-refractivity contribution in [2.75, 3.05) is 13.7 Å². The van der Waals surface area contributed by atoms with E-state index in [4.69, 9.17) is 4.74 Å². The molecule has 1 saturated heterocycles. The second-order valence-electron chi connectivity index (χ2n) is 5.77. The molecule has 0 bridgehead atoms. The highest BCUT2D eigenvalue weighted by molar-refractivity contribution is 5.98. The van der Waals surface area contributed by atoms with Crippen molar-refractivity contribution in [1.29, 1.82) is 0 Å². The van der Waals surface area contributed by atoms with Crippen LogP contribution in [-0.2, 0) is 23.9 Å². The van der Waals surface area contributed by atoms with Crippen molar-refractivity contribution >= 4 is 17.7 Å². The zero-order valence-electron chi connectivity index (χ0n) is 12.1. The molecular formula is C13H21NO5. The van der Waals surface area contributed by atoms with Crippen molar-refractivity contribution in [3.05, 3.63) is 0 Å². The number of methoxy groups -OCH3 is 1. The maximum absolute atomic E-state index is 12.2. The molecule has 0 aromatic heterocycles. The lowest BCUT2D eigenvalue weighted by Crippen LogP contribution is -2.50. The first-order chi connectivity index (χ1) is 8.68. The van der Waals surface area contributed by atoms with Gasteiger partial charge in [0.25, 0.3) is 0 Å². The molecular weight excluding hydrogens is 250 g/mol. The van der Waals surface area contributed by atoms with Crippen molar-refractivity contribution in [2.24, 2.45) is 5.41 Å². The van der Waals surface area contributed by atoms with Crippen molar-refractivity contribution < 1.29 is 23.9 Å². The average Bonchev–Trinajstić information content (AvgIpc) is 2.70. The van der Waals surface area contributed by atoms with Gasteiger partial charge in [-0.2, -0.15) is 0 Å². The topological polar surface area (TPSA) is 72.9 Å². The van der Waals surface area contributed by atoms with Gasteiger partial charge in [-0.05, 0) is 6.92 Å². The van der Waals surface area contributed by atoms with E-state index >= 15 is 0 Å². The first-order valence-corrected chi connectivity index (χ1v) is 6.18. The molecule has 0 spiro atoms. The highest BCUT2D eigenvalue weighted by Crippen LogP contribution is 2.32. The lowest BCUT2D eigenvalue weighted by molar-refractivity contribution is -0.156. The van der Waals surface area contributed by atoms with Crippen LogP contribution in [0.2, 0.25) is 0 Å². The minimum absolute atomic E-state index is 0.0955. The zero-order chi connectivity index (χ0) is 14.8. The van der Waals surface area contributed by atoms with Crippen molar-refractivity contribution in [2.45, 2.75) is 46.4 Å². The van der Waals surface area contributed by atoms with Gasteiger partial charge in [-0.3, -0.25) is 14.5 Å². The van der Waals surface area contributed by atoms with E-state index in [0.29, 0.717) is 0 Å². The molecule has 0 N–H and O–H groups in total. The third-order valence-electron chi connectivity index (χ3n) is 2.90. The van der Waals surface area contributed by atoms with Crippen LogP contribution in [0.5, 0.6) is 0 Å². The molecule has 0 aromatic rings. The minimum atomic E-state index is -0.777. The summed E-state index contributed by atoms with van der Waals surface area (Å²) in [6.45, 7) is 7.16. The van der Waals surface area contributed by atoms with Crippen LogP contribution in [0.15, 0.2) is 0 Å². The number of amides is 1. The van der Waals surface area contributed by atoms with E-state index in [9.17, 15) is 14.4 Å². The summed E-state index contributed by atoms with van der Waals surface area (Å²) >= 11 is 0. The monoisotopic (exact) mass is 271 g/mol. The number of nitrogens with zero attached hydrogens (tertiary/aromatic N) is 1. The molecule has 0 saturated carbocycles. The summed E-state index contributed by atoms with van der Waals surface area (Å²) in [6.07, 6.45) is -0.771. The largest absolute Gasteiger partial charge is 0.467 e. The highest BCUT2D eigenvalue weighted by Gasteiger charge is 2.47.